The van der Waals surface area contributed by atoms with Gasteiger partial charge in [-0.3, -0.25) is 0 Å². The van der Waals surface area contributed by atoms with E-state index in [1.54, 1.807) is 11.7 Å². The van der Waals surface area contributed by atoms with Gasteiger partial charge in [0, 0.05) is 48.3 Å². The van der Waals surface area contributed by atoms with Crippen molar-refractivity contribution in [3.63, 3.8) is 0 Å². The fraction of sp³-hybridized carbons (Fsp3) is 0.500. The molecular weight excluding hydrogens is 446 g/mol. The summed E-state index contributed by atoms with van der Waals surface area (Å²) in [5.41, 5.74) is 2.81. The largest absolute Gasteiger partial charge is 0.378 e. The van der Waals surface area contributed by atoms with Crippen LogP contribution in [0.15, 0.2) is 34.2 Å². The molecule has 1 aromatic carbocycles. The zero-order valence-electron chi connectivity index (χ0n) is 18.1. The van der Waals surface area contributed by atoms with Crippen molar-refractivity contribution >= 4 is 43.6 Å². The first-order valence-electron chi connectivity index (χ1n) is 11.0. The van der Waals surface area contributed by atoms with Gasteiger partial charge in [0.15, 0.2) is 0 Å². The van der Waals surface area contributed by atoms with Gasteiger partial charge in [0.25, 0.3) is 0 Å². The SMILES string of the molecule is Cc1csc(S(=O)(=O)CC2CCCN(c3ncnc4cc(N5CCOCC5)ccc34)C2)n1. The van der Waals surface area contributed by atoms with Crippen molar-refractivity contribution < 1.29 is 13.2 Å². The Labute approximate surface area is 192 Å². The van der Waals surface area contributed by atoms with Crippen LogP contribution in [0.25, 0.3) is 10.9 Å². The second kappa shape index (κ2) is 8.92. The number of fused-ring (bicyclic) bond motifs is 1. The van der Waals surface area contributed by atoms with E-state index in [0.717, 1.165) is 73.8 Å². The summed E-state index contributed by atoms with van der Waals surface area (Å²) in [6.07, 6.45) is 3.44. The number of piperidine rings is 1. The first kappa shape index (κ1) is 21.5. The molecule has 0 amide bonds. The Morgan fingerprint density at radius 2 is 2.00 bits per heavy atom. The van der Waals surface area contributed by atoms with E-state index in [1.807, 2.05) is 6.92 Å². The Morgan fingerprint density at radius 1 is 1.16 bits per heavy atom. The Balaban J connectivity index is 1.36. The van der Waals surface area contributed by atoms with Gasteiger partial charge in [-0.05, 0) is 43.9 Å². The molecule has 2 fully saturated rings. The van der Waals surface area contributed by atoms with Crippen molar-refractivity contribution in [1.82, 2.24) is 15.0 Å². The van der Waals surface area contributed by atoms with Gasteiger partial charge in [-0.25, -0.2) is 23.4 Å². The molecule has 170 valence electrons. The maximum Gasteiger partial charge on any atom is 0.209 e. The van der Waals surface area contributed by atoms with Crippen LogP contribution in [0.1, 0.15) is 18.5 Å². The van der Waals surface area contributed by atoms with Gasteiger partial charge in [0.05, 0.1) is 24.5 Å². The number of hydrogen-bond acceptors (Lipinski definition) is 9. The van der Waals surface area contributed by atoms with Gasteiger partial charge in [-0.1, -0.05) is 0 Å². The van der Waals surface area contributed by atoms with E-state index in [9.17, 15) is 8.42 Å². The second-order valence-electron chi connectivity index (χ2n) is 8.49. The molecule has 2 aliphatic heterocycles. The van der Waals surface area contributed by atoms with Crippen LogP contribution in [0.5, 0.6) is 0 Å². The zero-order valence-corrected chi connectivity index (χ0v) is 19.7. The summed E-state index contributed by atoms with van der Waals surface area (Å²) >= 11 is 1.21. The predicted octanol–water partition coefficient (Wildman–Crippen LogP) is 2.92. The van der Waals surface area contributed by atoms with Crippen molar-refractivity contribution in [3.8, 4) is 0 Å². The van der Waals surface area contributed by atoms with Crippen molar-refractivity contribution in [2.75, 3.05) is 54.9 Å². The van der Waals surface area contributed by atoms with E-state index in [-0.39, 0.29) is 16.0 Å². The smallest absolute Gasteiger partial charge is 0.209 e. The van der Waals surface area contributed by atoms with E-state index in [4.69, 9.17) is 4.74 Å². The lowest BCUT2D eigenvalue weighted by molar-refractivity contribution is 0.122. The molecule has 0 radical (unpaired) electrons. The van der Waals surface area contributed by atoms with E-state index in [2.05, 4.69) is 43.0 Å². The predicted molar refractivity (Wildman–Crippen MR) is 126 cm³/mol. The van der Waals surface area contributed by atoms with E-state index in [1.165, 1.54) is 11.3 Å². The lowest BCUT2D eigenvalue weighted by Gasteiger charge is -2.34. The fourth-order valence-electron chi connectivity index (χ4n) is 4.55. The van der Waals surface area contributed by atoms with E-state index >= 15 is 0 Å². The van der Waals surface area contributed by atoms with Gasteiger partial charge < -0.3 is 14.5 Å². The number of aromatic nitrogens is 3. The summed E-state index contributed by atoms with van der Waals surface area (Å²) in [4.78, 5) is 17.8. The van der Waals surface area contributed by atoms with Gasteiger partial charge in [-0.15, -0.1) is 11.3 Å². The molecule has 10 heteroatoms. The molecule has 0 aliphatic carbocycles. The molecule has 3 aromatic rings. The van der Waals surface area contributed by atoms with Gasteiger partial charge in [0.1, 0.15) is 12.1 Å². The van der Waals surface area contributed by atoms with Crippen LogP contribution in [0, 0.1) is 12.8 Å². The quantitative estimate of drug-likeness (QED) is 0.559. The summed E-state index contributed by atoms with van der Waals surface area (Å²) in [6.45, 7) is 6.60. The number of ether oxygens (including phenoxy) is 1. The lowest BCUT2D eigenvalue weighted by atomic mass is 9.99. The van der Waals surface area contributed by atoms with Crippen LogP contribution in [0.3, 0.4) is 0 Å². The average Bonchev–Trinajstić information content (AvgIpc) is 3.26. The summed E-state index contributed by atoms with van der Waals surface area (Å²) in [5.74, 6) is 1.06. The third kappa shape index (κ3) is 4.44. The molecule has 1 atom stereocenters. The van der Waals surface area contributed by atoms with Crippen LogP contribution >= 0.6 is 11.3 Å². The third-order valence-corrected chi connectivity index (χ3v) is 9.45. The Bertz CT molecular complexity index is 1210. The molecule has 2 aliphatic rings. The Kier molecular flexibility index (Phi) is 6.00. The number of hydrogen-bond donors (Lipinski definition) is 0. The van der Waals surface area contributed by atoms with Crippen LogP contribution in [-0.4, -0.2) is 68.5 Å². The maximum atomic E-state index is 12.8. The standard InChI is InChI=1S/C22H27N5O3S2/c1-16-13-31-22(25-16)32(28,29)14-17-3-2-6-27(12-17)21-19-5-4-18(11-20(19)23-15-24-21)26-7-9-30-10-8-26/h4-5,11,13,15,17H,2-3,6-10,12,14H2,1H3. The summed E-state index contributed by atoms with van der Waals surface area (Å²) < 4.78 is 31.4. The average molecular weight is 474 g/mol. The minimum Gasteiger partial charge on any atom is -0.378 e. The number of benzene rings is 1. The third-order valence-electron chi connectivity index (χ3n) is 6.11. The molecule has 0 saturated carbocycles. The fourth-order valence-corrected chi connectivity index (χ4v) is 7.33. The lowest BCUT2D eigenvalue weighted by Crippen LogP contribution is -2.38. The molecule has 8 nitrogen and oxygen atoms in total. The molecule has 32 heavy (non-hydrogen) atoms. The summed E-state index contributed by atoms with van der Waals surface area (Å²) in [7, 11) is -3.37. The van der Waals surface area contributed by atoms with Crippen LogP contribution in [0.2, 0.25) is 0 Å². The van der Waals surface area contributed by atoms with Crippen molar-refractivity contribution in [3.05, 3.63) is 35.6 Å². The molecule has 5 rings (SSSR count). The molecule has 2 aromatic heterocycles. The van der Waals surface area contributed by atoms with Crippen LogP contribution in [0.4, 0.5) is 11.5 Å². The first-order chi connectivity index (χ1) is 15.5. The van der Waals surface area contributed by atoms with Gasteiger partial charge in [0.2, 0.25) is 14.2 Å². The zero-order chi connectivity index (χ0) is 22.1. The number of sulfone groups is 1. The molecule has 1 unspecified atom stereocenters. The van der Waals surface area contributed by atoms with E-state index < -0.39 is 9.84 Å². The van der Waals surface area contributed by atoms with Gasteiger partial charge >= 0.3 is 0 Å². The highest BCUT2D eigenvalue weighted by Gasteiger charge is 2.29. The van der Waals surface area contributed by atoms with Crippen molar-refractivity contribution in [2.24, 2.45) is 5.92 Å². The highest BCUT2D eigenvalue weighted by atomic mass is 32.2. The van der Waals surface area contributed by atoms with Crippen LogP contribution in [-0.2, 0) is 14.6 Å². The minimum absolute atomic E-state index is 0.0515. The van der Waals surface area contributed by atoms with Crippen molar-refractivity contribution in [2.45, 2.75) is 24.1 Å². The highest BCUT2D eigenvalue weighted by Crippen LogP contribution is 2.31. The van der Waals surface area contributed by atoms with E-state index in [0.29, 0.717) is 6.54 Å². The van der Waals surface area contributed by atoms with Crippen LogP contribution < -0.4 is 9.80 Å². The summed E-state index contributed by atoms with van der Waals surface area (Å²) in [6, 6.07) is 6.33. The number of nitrogens with zero attached hydrogens (tertiary/aromatic N) is 5. The number of rotatable bonds is 5. The number of anilines is 2. The normalized spacial score (nSPS) is 20.1. The molecule has 0 spiro atoms. The van der Waals surface area contributed by atoms with Crippen molar-refractivity contribution in [1.29, 1.82) is 0 Å². The second-order valence-corrected chi connectivity index (χ2v) is 11.6. The Morgan fingerprint density at radius 3 is 2.78 bits per heavy atom. The molecule has 4 heterocycles. The maximum absolute atomic E-state index is 12.8. The molecular formula is C22H27N5O3S2. The topological polar surface area (TPSA) is 88.5 Å². The molecule has 2 saturated heterocycles. The summed E-state index contributed by atoms with van der Waals surface area (Å²) in [5, 5.41) is 2.79. The highest BCUT2D eigenvalue weighted by molar-refractivity contribution is 7.93. The minimum atomic E-state index is -3.37. The first-order valence-corrected chi connectivity index (χ1v) is 13.5. The number of morpholine rings is 1. The molecule has 0 bridgehead atoms. The number of thiazole rings is 1. The number of aryl methyl sites for hydroxylation is 1. The Hall–Kier alpha value is -2.30. The monoisotopic (exact) mass is 473 g/mol. The molecule has 0 N–H and O–H groups in total. The van der Waals surface area contributed by atoms with Gasteiger partial charge in [-0.2, -0.15) is 0 Å².